The van der Waals surface area contributed by atoms with Crippen molar-refractivity contribution in [3.8, 4) is 0 Å². The highest BCUT2D eigenvalue weighted by molar-refractivity contribution is 7.89. The van der Waals surface area contributed by atoms with Crippen LogP contribution in [0.1, 0.15) is 40.5 Å². The Balaban J connectivity index is 4.20. The summed E-state index contributed by atoms with van der Waals surface area (Å²) in [6, 6.07) is 0. The first-order valence-electron chi connectivity index (χ1n) is 6.35. The topological polar surface area (TPSA) is 83.5 Å². The summed E-state index contributed by atoms with van der Waals surface area (Å²) < 4.78 is 25.9. The Bertz CT molecular complexity index is 341. The Morgan fingerprint density at radius 2 is 1.67 bits per heavy atom. The van der Waals surface area contributed by atoms with Crippen molar-refractivity contribution in [1.82, 2.24) is 4.72 Å². The van der Waals surface area contributed by atoms with Gasteiger partial charge in [0.05, 0.1) is 5.75 Å². The van der Waals surface area contributed by atoms with Crippen LogP contribution in [0, 0.1) is 17.8 Å². The van der Waals surface area contributed by atoms with Gasteiger partial charge in [-0.25, -0.2) is 13.1 Å². The lowest BCUT2D eigenvalue weighted by atomic mass is 9.86. The quantitative estimate of drug-likeness (QED) is 0.673. The van der Waals surface area contributed by atoms with Crippen LogP contribution in [0.5, 0.6) is 0 Å². The summed E-state index contributed by atoms with van der Waals surface area (Å²) in [4.78, 5) is 10.3. The molecule has 0 aliphatic heterocycles. The van der Waals surface area contributed by atoms with Crippen molar-refractivity contribution in [3.63, 3.8) is 0 Å². The molecule has 0 aromatic carbocycles. The molecule has 108 valence electrons. The summed E-state index contributed by atoms with van der Waals surface area (Å²) in [5.41, 5.74) is 0. The molecule has 0 saturated heterocycles. The fourth-order valence-electron chi connectivity index (χ4n) is 1.95. The zero-order valence-corrected chi connectivity index (χ0v) is 12.5. The van der Waals surface area contributed by atoms with Gasteiger partial charge >= 0.3 is 5.97 Å². The molecule has 18 heavy (non-hydrogen) atoms. The van der Waals surface area contributed by atoms with Crippen LogP contribution in [0.4, 0.5) is 0 Å². The molecule has 0 aliphatic rings. The van der Waals surface area contributed by atoms with Gasteiger partial charge in [0, 0.05) is 13.0 Å². The molecule has 0 fully saturated rings. The van der Waals surface area contributed by atoms with Gasteiger partial charge in [-0.2, -0.15) is 0 Å². The van der Waals surface area contributed by atoms with Gasteiger partial charge in [0.25, 0.3) is 0 Å². The Morgan fingerprint density at radius 1 is 1.17 bits per heavy atom. The lowest BCUT2D eigenvalue weighted by molar-refractivity contribution is -0.137. The van der Waals surface area contributed by atoms with Crippen molar-refractivity contribution in [2.45, 2.75) is 40.5 Å². The molecule has 0 aliphatic carbocycles. The molecule has 0 radical (unpaired) electrons. The molecular formula is C12H25NO4S. The first-order chi connectivity index (χ1) is 8.15. The maximum absolute atomic E-state index is 11.7. The Hall–Kier alpha value is -0.620. The second-order valence-corrected chi connectivity index (χ2v) is 7.24. The lowest BCUT2D eigenvalue weighted by Gasteiger charge is -2.24. The molecule has 0 bridgehead atoms. The SMILES string of the molecule is CC(C)C(CNS(=O)(=O)CCCC(=O)O)C(C)C. The van der Waals surface area contributed by atoms with E-state index in [1.807, 2.05) is 0 Å². The molecule has 0 aromatic heterocycles. The lowest BCUT2D eigenvalue weighted by Crippen LogP contribution is -2.35. The van der Waals surface area contributed by atoms with Crippen molar-refractivity contribution < 1.29 is 18.3 Å². The average Bonchev–Trinajstić information content (AvgIpc) is 2.14. The van der Waals surface area contributed by atoms with Crippen LogP contribution in [-0.2, 0) is 14.8 Å². The largest absolute Gasteiger partial charge is 0.481 e. The summed E-state index contributed by atoms with van der Waals surface area (Å²) in [6.45, 7) is 8.71. The summed E-state index contributed by atoms with van der Waals surface area (Å²) in [7, 11) is -3.35. The molecule has 0 atom stereocenters. The Kier molecular flexibility index (Phi) is 7.47. The monoisotopic (exact) mass is 279 g/mol. The van der Waals surface area contributed by atoms with Gasteiger partial charge in [-0.05, 0) is 24.2 Å². The number of nitrogens with one attached hydrogen (secondary N) is 1. The third-order valence-electron chi connectivity index (χ3n) is 3.06. The second kappa shape index (κ2) is 7.74. The van der Waals surface area contributed by atoms with Gasteiger partial charge in [-0.1, -0.05) is 27.7 Å². The molecule has 0 spiro atoms. The maximum atomic E-state index is 11.7. The average molecular weight is 279 g/mol. The molecule has 0 unspecified atom stereocenters. The van der Waals surface area contributed by atoms with Crippen LogP contribution in [0.3, 0.4) is 0 Å². The highest BCUT2D eigenvalue weighted by atomic mass is 32.2. The number of aliphatic carboxylic acids is 1. The van der Waals surface area contributed by atoms with Crippen LogP contribution in [0.2, 0.25) is 0 Å². The molecule has 6 heteroatoms. The van der Waals surface area contributed by atoms with E-state index in [4.69, 9.17) is 5.11 Å². The van der Waals surface area contributed by atoms with Gasteiger partial charge in [0.2, 0.25) is 10.0 Å². The third kappa shape index (κ3) is 7.66. The minimum atomic E-state index is -3.35. The molecular weight excluding hydrogens is 254 g/mol. The minimum absolute atomic E-state index is 0.112. The number of carbonyl (C=O) groups is 1. The highest BCUT2D eigenvalue weighted by Crippen LogP contribution is 2.19. The van der Waals surface area contributed by atoms with Crippen molar-refractivity contribution in [3.05, 3.63) is 0 Å². The number of hydrogen-bond donors (Lipinski definition) is 2. The van der Waals surface area contributed by atoms with Crippen molar-refractivity contribution in [1.29, 1.82) is 0 Å². The van der Waals surface area contributed by atoms with Gasteiger partial charge < -0.3 is 5.11 Å². The van der Waals surface area contributed by atoms with E-state index in [0.717, 1.165) is 0 Å². The maximum Gasteiger partial charge on any atom is 0.303 e. The van der Waals surface area contributed by atoms with Crippen molar-refractivity contribution in [2.24, 2.45) is 17.8 Å². The van der Waals surface area contributed by atoms with Crippen LogP contribution >= 0.6 is 0 Å². The van der Waals surface area contributed by atoms with Crippen LogP contribution < -0.4 is 4.72 Å². The molecule has 0 aromatic rings. The first-order valence-corrected chi connectivity index (χ1v) is 8.00. The van der Waals surface area contributed by atoms with E-state index >= 15 is 0 Å². The van der Waals surface area contributed by atoms with Crippen molar-refractivity contribution >= 4 is 16.0 Å². The molecule has 0 rings (SSSR count). The van der Waals surface area contributed by atoms with Crippen LogP contribution in [-0.4, -0.2) is 31.8 Å². The van der Waals surface area contributed by atoms with Crippen LogP contribution in [0.25, 0.3) is 0 Å². The molecule has 0 heterocycles. The predicted octanol–water partition coefficient (Wildman–Crippen LogP) is 1.70. The zero-order chi connectivity index (χ0) is 14.3. The van der Waals surface area contributed by atoms with Crippen LogP contribution in [0.15, 0.2) is 0 Å². The van der Waals surface area contributed by atoms with E-state index in [-0.39, 0.29) is 18.6 Å². The number of carboxylic acids is 1. The van der Waals surface area contributed by atoms with E-state index in [2.05, 4.69) is 32.4 Å². The predicted molar refractivity (Wildman–Crippen MR) is 71.8 cm³/mol. The number of carboxylic acid groups (broad SMARTS) is 1. The van der Waals surface area contributed by atoms with E-state index in [1.54, 1.807) is 0 Å². The molecule has 5 nitrogen and oxygen atoms in total. The van der Waals surface area contributed by atoms with Gasteiger partial charge in [-0.3, -0.25) is 4.79 Å². The van der Waals surface area contributed by atoms with Crippen molar-refractivity contribution in [2.75, 3.05) is 12.3 Å². The summed E-state index contributed by atoms with van der Waals surface area (Å²) in [5, 5.41) is 8.46. The summed E-state index contributed by atoms with van der Waals surface area (Å²) >= 11 is 0. The Labute approximate surface area is 110 Å². The molecule has 2 N–H and O–H groups in total. The minimum Gasteiger partial charge on any atom is -0.481 e. The standard InChI is InChI=1S/C12H25NO4S/c1-9(2)11(10(3)4)8-13-18(16,17)7-5-6-12(14)15/h9-11,13H,5-8H2,1-4H3,(H,14,15). The van der Waals surface area contributed by atoms with Gasteiger partial charge in [-0.15, -0.1) is 0 Å². The van der Waals surface area contributed by atoms with Gasteiger partial charge in [0.1, 0.15) is 0 Å². The van der Waals surface area contributed by atoms with E-state index in [1.165, 1.54) is 0 Å². The highest BCUT2D eigenvalue weighted by Gasteiger charge is 2.20. The normalized spacial score (nSPS) is 12.6. The summed E-state index contributed by atoms with van der Waals surface area (Å²) in [6.07, 6.45) is 0.0391. The number of sulfonamides is 1. The van der Waals surface area contributed by atoms with E-state index < -0.39 is 16.0 Å². The number of rotatable bonds is 9. The third-order valence-corrected chi connectivity index (χ3v) is 4.49. The first kappa shape index (κ1) is 17.4. The molecule has 0 amide bonds. The van der Waals surface area contributed by atoms with Gasteiger partial charge in [0.15, 0.2) is 0 Å². The smallest absolute Gasteiger partial charge is 0.303 e. The zero-order valence-electron chi connectivity index (χ0n) is 11.6. The fraction of sp³-hybridized carbons (Fsp3) is 0.917. The Morgan fingerprint density at radius 3 is 2.06 bits per heavy atom. The summed E-state index contributed by atoms with van der Waals surface area (Å²) in [5.74, 6) is 0.0208. The molecule has 0 saturated carbocycles. The fourth-order valence-corrected chi connectivity index (χ4v) is 3.07. The van der Waals surface area contributed by atoms with E-state index in [9.17, 15) is 13.2 Å². The second-order valence-electron chi connectivity index (χ2n) is 5.32. The van der Waals surface area contributed by atoms with E-state index in [0.29, 0.717) is 24.3 Å². The number of hydrogen-bond acceptors (Lipinski definition) is 3.